The lowest BCUT2D eigenvalue weighted by Gasteiger charge is -2.16. The van der Waals surface area contributed by atoms with E-state index in [0.717, 1.165) is 36.3 Å². The van der Waals surface area contributed by atoms with Crippen molar-refractivity contribution in [1.82, 2.24) is 0 Å². The Morgan fingerprint density at radius 2 is 2.06 bits per heavy atom. The topological polar surface area (TPSA) is 42.2 Å². The molecule has 0 amide bonds. The van der Waals surface area contributed by atoms with Gasteiger partial charge in [-0.15, -0.1) is 0 Å². The van der Waals surface area contributed by atoms with Crippen molar-refractivity contribution in [3.05, 3.63) is 23.8 Å². The highest BCUT2D eigenvalue weighted by molar-refractivity contribution is 5.43. The number of rotatable bonds is 5. The Kier molecular flexibility index (Phi) is 4.46. The van der Waals surface area contributed by atoms with Crippen molar-refractivity contribution in [1.29, 1.82) is 5.26 Å². The third kappa shape index (κ3) is 3.16. The zero-order chi connectivity index (χ0) is 12.8. The molecule has 0 atom stereocenters. The average molecular weight is 245 g/mol. The number of benzene rings is 1. The summed E-state index contributed by atoms with van der Waals surface area (Å²) >= 11 is 0. The highest BCUT2D eigenvalue weighted by Gasteiger charge is 2.18. The van der Waals surface area contributed by atoms with E-state index < -0.39 is 0 Å². The molecule has 2 rings (SSSR count). The van der Waals surface area contributed by atoms with Crippen LogP contribution in [0.15, 0.2) is 18.2 Å². The maximum atomic E-state index is 8.62. The van der Waals surface area contributed by atoms with E-state index in [1.807, 2.05) is 18.2 Å². The van der Waals surface area contributed by atoms with E-state index in [0.29, 0.717) is 12.5 Å². The highest BCUT2D eigenvalue weighted by Crippen LogP contribution is 2.32. The fraction of sp³-hybridized carbons (Fsp3) is 0.533. The molecule has 18 heavy (non-hydrogen) atoms. The van der Waals surface area contributed by atoms with Crippen LogP contribution in [0.3, 0.4) is 0 Å². The van der Waals surface area contributed by atoms with Gasteiger partial charge in [0.25, 0.3) is 0 Å². The summed E-state index contributed by atoms with van der Waals surface area (Å²) < 4.78 is 11.3. The molecule has 0 spiro atoms. The molecule has 1 aromatic rings. The van der Waals surface area contributed by atoms with Gasteiger partial charge in [0.1, 0.15) is 0 Å². The number of methoxy groups -OCH3 is 1. The van der Waals surface area contributed by atoms with Crippen LogP contribution in [0, 0.1) is 11.3 Å². The molecule has 1 aliphatic rings. The summed E-state index contributed by atoms with van der Waals surface area (Å²) in [7, 11) is 1.66. The van der Waals surface area contributed by atoms with E-state index in [-0.39, 0.29) is 0 Å². The number of hydrogen-bond acceptors (Lipinski definition) is 3. The third-order valence-corrected chi connectivity index (χ3v) is 3.35. The van der Waals surface area contributed by atoms with Crippen LogP contribution in [-0.4, -0.2) is 13.2 Å². The van der Waals surface area contributed by atoms with Crippen molar-refractivity contribution in [3.8, 4) is 17.6 Å². The number of aryl methyl sites for hydroxylation is 1. The zero-order valence-electron chi connectivity index (χ0n) is 10.8. The second kappa shape index (κ2) is 6.30. The van der Waals surface area contributed by atoms with Gasteiger partial charge in [-0.3, -0.25) is 0 Å². The van der Waals surface area contributed by atoms with Gasteiger partial charge < -0.3 is 9.47 Å². The molecule has 1 fully saturated rings. The fourth-order valence-corrected chi connectivity index (χ4v) is 2.35. The first-order chi connectivity index (χ1) is 8.83. The summed E-state index contributed by atoms with van der Waals surface area (Å²) in [6.45, 7) is 0. The Labute approximate surface area is 108 Å². The first kappa shape index (κ1) is 12.8. The summed E-state index contributed by atoms with van der Waals surface area (Å²) in [5, 5.41) is 8.62. The highest BCUT2D eigenvalue weighted by atomic mass is 16.5. The first-order valence-electron chi connectivity index (χ1n) is 6.54. The predicted molar refractivity (Wildman–Crippen MR) is 69.8 cm³/mol. The Balaban J connectivity index is 2.11. The van der Waals surface area contributed by atoms with E-state index in [1.165, 1.54) is 12.8 Å². The summed E-state index contributed by atoms with van der Waals surface area (Å²) in [5.74, 6) is 1.60. The molecule has 0 radical (unpaired) electrons. The molecule has 3 heteroatoms. The second-order valence-electron chi connectivity index (χ2n) is 4.67. The monoisotopic (exact) mass is 245 g/mol. The maximum Gasteiger partial charge on any atom is 0.161 e. The van der Waals surface area contributed by atoms with Gasteiger partial charge in [-0.2, -0.15) is 5.26 Å². The van der Waals surface area contributed by atoms with E-state index in [9.17, 15) is 0 Å². The van der Waals surface area contributed by atoms with Crippen LogP contribution in [0.4, 0.5) is 0 Å². The van der Waals surface area contributed by atoms with Crippen molar-refractivity contribution < 1.29 is 9.47 Å². The SMILES string of the molecule is COc1ccc(CCC#N)cc1OC1CCCC1. The molecule has 0 aromatic heterocycles. The minimum Gasteiger partial charge on any atom is -0.493 e. The molecular formula is C15H19NO2. The first-order valence-corrected chi connectivity index (χ1v) is 6.54. The summed E-state index contributed by atoms with van der Waals surface area (Å²) in [4.78, 5) is 0. The molecule has 96 valence electrons. The molecule has 0 bridgehead atoms. The minimum atomic E-state index is 0.324. The molecule has 0 heterocycles. The smallest absolute Gasteiger partial charge is 0.161 e. The van der Waals surface area contributed by atoms with Crippen LogP contribution in [0.25, 0.3) is 0 Å². The zero-order valence-corrected chi connectivity index (χ0v) is 10.8. The largest absolute Gasteiger partial charge is 0.493 e. The van der Waals surface area contributed by atoms with E-state index in [4.69, 9.17) is 14.7 Å². The number of nitrogens with zero attached hydrogens (tertiary/aromatic N) is 1. The van der Waals surface area contributed by atoms with Crippen LogP contribution in [0.5, 0.6) is 11.5 Å². The molecule has 1 saturated carbocycles. The lowest BCUT2D eigenvalue weighted by molar-refractivity contribution is 0.200. The molecule has 1 aromatic carbocycles. The van der Waals surface area contributed by atoms with Gasteiger partial charge in [0.05, 0.1) is 19.3 Å². The maximum absolute atomic E-state index is 8.62. The van der Waals surface area contributed by atoms with Gasteiger partial charge in [-0.05, 0) is 49.8 Å². The molecule has 3 nitrogen and oxygen atoms in total. The van der Waals surface area contributed by atoms with Crippen LogP contribution in [0.1, 0.15) is 37.7 Å². The van der Waals surface area contributed by atoms with Crippen molar-refractivity contribution >= 4 is 0 Å². The lowest BCUT2D eigenvalue weighted by Crippen LogP contribution is -2.11. The van der Waals surface area contributed by atoms with E-state index in [1.54, 1.807) is 7.11 Å². The van der Waals surface area contributed by atoms with Gasteiger partial charge in [0.2, 0.25) is 0 Å². The quantitative estimate of drug-likeness (QED) is 0.797. The Bertz CT molecular complexity index is 431. The Morgan fingerprint density at radius 3 is 2.72 bits per heavy atom. The standard InChI is InChI=1S/C15H19NO2/c1-17-14-9-8-12(5-4-10-16)11-15(14)18-13-6-2-3-7-13/h8-9,11,13H,2-7H2,1H3. The Morgan fingerprint density at radius 1 is 1.28 bits per heavy atom. The Hall–Kier alpha value is -1.69. The number of hydrogen-bond donors (Lipinski definition) is 0. The van der Waals surface area contributed by atoms with Crippen LogP contribution < -0.4 is 9.47 Å². The predicted octanol–water partition coefficient (Wildman–Crippen LogP) is 3.47. The summed E-state index contributed by atoms with van der Waals surface area (Å²) in [5.41, 5.74) is 1.13. The van der Waals surface area contributed by atoms with Crippen LogP contribution >= 0.6 is 0 Å². The van der Waals surface area contributed by atoms with Crippen molar-refractivity contribution in [2.75, 3.05) is 7.11 Å². The van der Waals surface area contributed by atoms with Gasteiger partial charge in [-0.1, -0.05) is 6.07 Å². The molecule has 0 unspecified atom stereocenters. The third-order valence-electron chi connectivity index (χ3n) is 3.35. The van der Waals surface area contributed by atoms with Gasteiger partial charge in [0.15, 0.2) is 11.5 Å². The summed E-state index contributed by atoms with van der Waals surface area (Å²) in [6.07, 6.45) is 6.39. The molecule has 0 N–H and O–H groups in total. The van der Waals surface area contributed by atoms with Crippen molar-refractivity contribution in [2.45, 2.75) is 44.6 Å². The van der Waals surface area contributed by atoms with E-state index in [2.05, 4.69) is 6.07 Å². The molecule has 1 aliphatic carbocycles. The normalized spacial score (nSPS) is 15.3. The van der Waals surface area contributed by atoms with Crippen LogP contribution in [0.2, 0.25) is 0 Å². The van der Waals surface area contributed by atoms with Gasteiger partial charge >= 0.3 is 0 Å². The lowest BCUT2D eigenvalue weighted by atomic mass is 10.1. The van der Waals surface area contributed by atoms with Crippen molar-refractivity contribution in [3.63, 3.8) is 0 Å². The average Bonchev–Trinajstić information content (AvgIpc) is 2.89. The fourth-order valence-electron chi connectivity index (χ4n) is 2.35. The molecule has 0 aliphatic heterocycles. The number of ether oxygens (including phenoxy) is 2. The number of nitriles is 1. The van der Waals surface area contributed by atoms with Crippen LogP contribution in [-0.2, 0) is 6.42 Å². The van der Waals surface area contributed by atoms with E-state index >= 15 is 0 Å². The van der Waals surface area contributed by atoms with Crippen molar-refractivity contribution in [2.24, 2.45) is 0 Å². The molecule has 0 saturated heterocycles. The minimum absolute atomic E-state index is 0.324. The molecular weight excluding hydrogens is 226 g/mol. The van der Waals surface area contributed by atoms with Gasteiger partial charge in [-0.25, -0.2) is 0 Å². The second-order valence-corrected chi connectivity index (χ2v) is 4.67. The van der Waals surface area contributed by atoms with Gasteiger partial charge in [0, 0.05) is 6.42 Å². The summed E-state index contributed by atoms with van der Waals surface area (Å²) in [6, 6.07) is 8.10.